The first-order valence-electron chi connectivity index (χ1n) is 7.71. The molecule has 0 amide bonds. The molecular weight excluding hydrogens is 305 g/mol. The van der Waals surface area contributed by atoms with Gasteiger partial charge in [-0.1, -0.05) is 29.4 Å². The third-order valence-electron chi connectivity index (χ3n) is 4.36. The Balaban J connectivity index is 1.81. The fraction of sp³-hybridized carbons (Fsp3) is 0.167. The first-order chi connectivity index (χ1) is 11.6. The third kappa shape index (κ3) is 2.46. The maximum absolute atomic E-state index is 13.2. The van der Waals surface area contributed by atoms with Gasteiger partial charge in [-0.25, -0.2) is 4.39 Å². The Hall–Kier alpha value is -3.02. The lowest BCUT2D eigenvalue weighted by atomic mass is 9.99. The van der Waals surface area contributed by atoms with Gasteiger partial charge < -0.3 is 5.32 Å². The summed E-state index contributed by atoms with van der Waals surface area (Å²) in [5.41, 5.74) is 5.40. The van der Waals surface area contributed by atoms with E-state index in [0.717, 1.165) is 16.8 Å². The zero-order chi connectivity index (χ0) is 16.7. The van der Waals surface area contributed by atoms with Gasteiger partial charge in [0.05, 0.1) is 0 Å². The van der Waals surface area contributed by atoms with Crippen LogP contribution in [0.5, 0.6) is 0 Å². The minimum Gasteiger partial charge on any atom is -0.323 e. The Morgan fingerprint density at radius 2 is 1.83 bits per heavy atom. The van der Waals surface area contributed by atoms with E-state index in [-0.39, 0.29) is 11.9 Å². The van der Waals surface area contributed by atoms with Crippen molar-refractivity contribution in [3.05, 3.63) is 76.6 Å². The van der Waals surface area contributed by atoms with Crippen LogP contribution < -0.4 is 5.32 Å². The molecule has 1 atom stereocenters. The number of benzene rings is 2. The average molecular weight is 321 g/mol. The molecule has 0 unspecified atom stereocenters. The molecule has 5 nitrogen and oxygen atoms in total. The molecule has 1 aliphatic rings. The summed E-state index contributed by atoms with van der Waals surface area (Å²) in [6.07, 6.45) is 2.06. The zero-order valence-corrected chi connectivity index (χ0v) is 13.4. The lowest BCUT2D eigenvalue weighted by molar-refractivity contribution is 0.582. The van der Waals surface area contributed by atoms with Crippen molar-refractivity contribution >= 4 is 11.6 Å². The number of rotatable bonds is 2. The molecule has 2 heterocycles. The van der Waals surface area contributed by atoms with E-state index in [0.29, 0.717) is 5.95 Å². The van der Waals surface area contributed by atoms with Gasteiger partial charge >= 0.3 is 0 Å². The number of halogens is 1. The van der Waals surface area contributed by atoms with Gasteiger partial charge in [-0.2, -0.15) is 4.68 Å². The first-order valence-corrected chi connectivity index (χ1v) is 7.71. The minimum atomic E-state index is -0.261. The molecule has 1 aromatic heterocycles. The number of nitrogens with one attached hydrogen (secondary N) is 1. The minimum absolute atomic E-state index is 0.187. The van der Waals surface area contributed by atoms with Crippen molar-refractivity contribution < 1.29 is 4.39 Å². The highest BCUT2D eigenvalue weighted by Gasteiger charge is 2.24. The first kappa shape index (κ1) is 14.6. The van der Waals surface area contributed by atoms with E-state index in [1.54, 1.807) is 16.8 Å². The molecule has 0 saturated carbocycles. The number of aryl methyl sites for hydroxylation is 2. The van der Waals surface area contributed by atoms with Crippen molar-refractivity contribution in [2.75, 3.05) is 5.32 Å². The van der Waals surface area contributed by atoms with Gasteiger partial charge in [-0.3, -0.25) is 0 Å². The van der Waals surface area contributed by atoms with Crippen LogP contribution in [0.15, 0.2) is 48.5 Å². The van der Waals surface area contributed by atoms with Gasteiger partial charge in [0.2, 0.25) is 5.95 Å². The monoisotopic (exact) mass is 321 g/mol. The summed E-state index contributed by atoms with van der Waals surface area (Å²) in [6.45, 7) is 4.17. The van der Waals surface area contributed by atoms with Crippen molar-refractivity contribution in [2.45, 2.75) is 19.9 Å². The number of fused-ring (bicyclic) bond motifs is 1. The second kappa shape index (κ2) is 5.56. The molecule has 1 N–H and O–H groups in total. The molecule has 6 heteroatoms. The highest BCUT2D eigenvalue weighted by Crippen LogP contribution is 2.32. The molecule has 4 rings (SSSR count). The quantitative estimate of drug-likeness (QED) is 0.785. The Morgan fingerprint density at radius 1 is 1.04 bits per heavy atom. The number of anilines is 1. The number of hydrogen-bond donors (Lipinski definition) is 1. The van der Waals surface area contributed by atoms with Gasteiger partial charge in [0.25, 0.3) is 0 Å². The van der Waals surface area contributed by atoms with Crippen LogP contribution in [0.25, 0.3) is 5.70 Å². The van der Waals surface area contributed by atoms with Crippen LogP contribution >= 0.6 is 0 Å². The number of hydrogen-bond acceptors (Lipinski definition) is 4. The predicted octanol–water partition coefficient (Wildman–Crippen LogP) is 3.49. The Morgan fingerprint density at radius 3 is 2.58 bits per heavy atom. The van der Waals surface area contributed by atoms with Gasteiger partial charge in [0, 0.05) is 5.70 Å². The van der Waals surface area contributed by atoms with E-state index in [1.165, 1.54) is 23.3 Å². The van der Waals surface area contributed by atoms with E-state index >= 15 is 0 Å². The largest absolute Gasteiger partial charge is 0.323 e. The molecule has 3 aromatic rings. The molecule has 0 radical (unpaired) electrons. The number of tetrazole rings is 1. The maximum atomic E-state index is 13.2. The Bertz CT molecular complexity index is 927. The SMILES string of the molecule is Cc1ccc(C2=C[C@H](c3ccc(F)cc3)n3nnnc3N2)cc1C. The van der Waals surface area contributed by atoms with Crippen molar-refractivity contribution in [3.8, 4) is 0 Å². The highest BCUT2D eigenvalue weighted by atomic mass is 19.1. The van der Waals surface area contributed by atoms with E-state index in [4.69, 9.17) is 0 Å². The summed E-state index contributed by atoms with van der Waals surface area (Å²) < 4.78 is 14.9. The maximum Gasteiger partial charge on any atom is 0.248 e. The second-order valence-electron chi connectivity index (χ2n) is 5.95. The van der Waals surface area contributed by atoms with E-state index < -0.39 is 0 Å². The number of allylic oxidation sites excluding steroid dienone is 1. The second-order valence-corrected chi connectivity index (χ2v) is 5.95. The fourth-order valence-corrected chi connectivity index (χ4v) is 2.83. The van der Waals surface area contributed by atoms with E-state index in [1.807, 2.05) is 0 Å². The summed E-state index contributed by atoms with van der Waals surface area (Å²) in [7, 11) is 0. The molecule has 0 aliphatic carbocycles. The third-order valence-corrected chi connectivity index (χ3v) is 4.36. The summed E-state index contributed by atoms with van der Waals surface area (Å²) in [5.74, 6) is 0.308. The molecule has 0 fully saturated rings. The topological polar surface area (TPSA) is 55.6 Å². The summed E-state index contributed by atoms with van der Waals surface area (Å²) in [4.78, 5) is 0. The zero-order valence-electron chi connectivity index (χ0n) is 13.4. The Labute approximate surface area is 138 Å². The standard InChI is InChI=1S/C18H16FN5/c1-11-3-4-14(9-12(11)2)16-10-17(13-5-7-15(19)8-6-13)24-18(20-16)21-22-23-24/h3-10,17H,1-2H3,(H,20,21,23)/t17-/m1/s1. The molecule has 0 bridgehead atoms. The van der Waals surface area contributed by atoms with Crippen molar-refractivity contribution in [2.24, 2.45) is 0 Å². The van der Waals surface area contributed by atoms with Crippen LogP contribution in [-0.2, 0) is 0 Å². The average Bonchev–Trinajstić information content (AvgIpc) is 3.06. The van der Waals surface area contributed by atoms with Crippen molar-refractivity contribution in [1.29, 1.82) is 0 Å². The lowest BCUT2D eigenvalue weighted by Crippen LogP contribution is -2.20. The van der Waals surface area contributed by atoms with Crippen LogP contribution in [0.1, 0.15) is 28.3 Å². The van der Waals surface area contributed by atoms with Crippen molar-refractivity contribution in [1.82, 2.24) is 20.2 Å². The van der Waals surface area contributed by atoms with Gasteiger partial charge in [-0.15, -0.1) is 0 Å². The van der Waals surface area contributed by atoms with E-state index in [9.17, 15) is 4.39 Å². The van der Waals surface area contributed by atoms with Crippen LogP contribution in [0, 0.1) is 19.7 Å². The molecule has 0 saturated heterocycles. The summed E-state index contributed by atoms with van der Waals surface area (Å²) in [6, 6.07) is 12.5. The fourth-order valence-electron chi connectivity index (χ4n) is 2.83. The summed E-state index contributed by atoms with van der Waals surface area (Å²) >= 11 is 0. The van der Waals surface area contributed by atoms with Gasteiger partial charge in [-0.05, 0) is 70.8 Å². The molecule has 24 heavy (non-hydrogen) atoms. The summed E-state index contributed by atoms with van der Waals surface area (Å²) in [5, 5.41) is 15.1. The van der Waals surface area contributed by atoms with Gasteiger partial charge in [0.15, 0.2) is 0 Å². The van der Waals surface area contributed by atoms with Crippen LogP contribution in [0.2, 0.25) is 0 Å². The van der Waals surface area contributed by atoms with Crippen LogP contribution in [0.3, 0.4) is 0 Å². The van der Waals surface area contributed by atoms with Gasteiger partial charge in [0.1, 0.15) is 11.9 Å². The molecular formula is C18H16FN5. The molecule has 120 valence electrons. The lowest BCUT2D eigenvalue weighted by Gasteiger charge is -2.23. The smallest absolute Gasteiger partial charge is 0.248 e. The predicted molar refractivity (Wildman–Crippen MR) is 89.9 cm³/mol. The highest BCUT2D eigenvalue weighted by molar-refractivity contribution is 5.77. The molecule has 0 spiro atoms. The van der Waals surface area contributed by atoms with Crippen LogP contribution in [-0.4, -0.2) is 20.2 Å². The van der Waals surface area contributed by atoms with Crippen LogP contribution in [0.4, 0.5) is 10.3 Å². The van der Waals surface area contributed by atoms with Crippen molar-refractivity contribution in [3.63, 3.8) is 0 Å². The number of nitrogens with zero attached hydrogens (tertiary/aromatic N) is 4. The normalized spacial score (nSPS) is 16.3. The molecule has 2 aromatic carbocycles. The Kier molecular flexibility index (Phi) is 3.37. The number of aromatic nitrogens is 4. The van der Waals surface area contributed by atoms with E-state index in [2.05, 4.69) is 59.0 Å². The molecule has 1 aliphatic heterocycles.